The lowest BCUT2D eigenvalue weighted by molar-refractivity contribution is 0.102. The lowest BCUT2D eigenvalue weighted by Gasteiger charge is -2.13. The molecule has 0 aliphatic heterocycles. The number of amides is 1. The molecule has 1 amide bonds. The topological polar surface area (TPSA) is 54.0 Å². The summed E-state index contributed by atoms with van der Waals surface area (Å²) in [7, 11) is 0. The van der Waals surface area contributed by atoms with Crippen LogP contribution < -0.4 is 10.6 Å². The van der Waals surface area contributed by atoms with E-state index in [4.69, 9.17) is 0 Å². The Labute approximate surface area is 144 Å². The van der Waals surface area contributed by atoms with Crippen molar-refractivity contribution in [1.29, 1.82) is 0 Å². The van der Waals surface area contributed by atoms with Crippen LogP contribution in [0.4, 0.5) is 11.5 Å². The second-order valence-electron chi connectivity index (χ2n) is 5.97. The average molecular weight is 374 g/mol. The number of aryl methyl sites for hydroxylation is 1. The van der Waals surface area contributed by atoms with Gasteiger partial charge in [0.05, 0.1) is 0 Å². The van der Waals surface area contributed by atoms with Gasteiger partial charge in [-0.1, -0.05) is 28.8 Å². The van der Waals surface area contributed by atoms with Crippen molar-refractivity contribution in [3.05, 3.63) is 52.1 Å². The quantitative estimate of drug-likeness (QED) is 0.811. The number of anilines is 2. The number of carbonyl (C=O) groups excluding carboxylic acids is 1. The fourth-order valence-corrected chi connectivity index (χ4v) is 3.10. The zero-order valence-corrected chi connectivity index (χ0v) is 14.7. The predicted octanol–water partition coefficient (Wildman–Crippen LogP) is 4.76. The van der Waals surface area contributed by atoms with E-state index in [2.05, 4.69) is 31.5 Å². The van der Waals surface area contributed by atoms with Crippen LogP contribution in [0.25, 0.3) is 0 Å². The molecule has 1 saturated carbocycles. The van der Waals surface area contributed by atoms with Crippen molar-refractivity contribution >= 4 is 33.3 Å². The first-order valence-electron chi connectivity index (χ1n) is 7.92. The van der Waals surface area contributed by atoms with Crippen LogP contribution in [-0.2, 0) is 0 Å². The molecule has 5 heteroatoms. The van der Waals surface area contributed by atoms with Crippen LogP contribution in [0.1, 0.15) is 41.6 Å². The fourth-order valence-electron chi connectivity index (χ4n) is 2.86. The monoisotopic (exact) mass is 373 g/mol. The number of nitrogens with zero attached hydrogens (tertiary/aromatic N) is 1. The Hall–Kier alpha value is -1.88. The van der Waals surface area contributed by atoms with Crippen LogP contribution in [0, 0.1) is 6.92 Å². The summed E-state index contributed by atoms with van der Waals surface area (Å²) in [6.07, 6.45) is 6.56. The van der Waals surface area contributed by atoms with Crippen molar-refractivity contribution < 1.29 is 4.79 Å². The van der Waals surface area contributed by atoms with E-state index < -0.39 is 0 Å². The molecular formula is C18H20BrN3O. The maximum Gasteiger partial charge on any atom is 0.255 e. The minimum Gasteiger partial charge on any atom is -0.367 e. The van der Waals surface area contributed by atoms with Gasteiger partial charge in [-0.3, -0.25) is 4.79 Å². The number of hydrogen-bond donors (Lipinski definition) is 2. The third kappa shape index (κ3) is 4.10. The Balaban J connectivity index is 1.70. The molecule has 1 aliphatic rings. The first kappa shape index (κ1) is 16.0. The third-order valence-electron chi connectivity index (χ3n) is 4.15. The molecule has 0 radical (unpaired) electrons. The van der Waals surface area contributed by atoms with E-state index >= 15 is 0 Å². The summed E-state index contributed by atoms with van der Waals surface area (Å²) in [5.41, 5.74) is 2.49. The van der Waals surface area contributed by atoms with Gasteiger partial charge in [0.25, 0.3) is 5.91 Å². The number of pyridine rings is 1. The molecule has 0 saturated heterocycles. The van der Waals surface area contributed by atoms with Gasteiger partial charge < -0.3 is 10.6 Å². The zero-order valence-electron chi connectivity index (χ0n) is 13.1. The van der Waals surface area contributed by atoms with E-state index in [9.17, 15) is 4.79 Å². The van der Waals surface area contributed by atoms with Crippen molar-refractivity contribution in [1.82, 2.24) is 4.98 Å². The molecular weight excluding hydrogens is 354 g/mol. The minimum absolute atomic E-state index is 0.122. The molecule has 1 aromatic carbocycles. The summed E-state index contributed by atoms with van der Waals surface area (Å²) in [4.78, 5) is 16.7. The lowest BCUT2D eigenvalue weighted by Crippen LogP contribution is -2.17. The van der Waals surface area contributed by atoms with E-state index in [0.717, 1.165) is 21.5 Å². The van der Waals surface area contributed by atoms with Gasteiger partial charge in [-0.05, 0) is 55.7 Å². The van der Waals surface area contributed by atoms with E-state index in [0.29, 0.717) is 11.6 Å². The van der Waals surface area contributed by atoms with Gasteiger partial charge in [0.1, 0.15) is 5.82 Å². The number of halogens is 1. The maximum absolute atomic E-state index is 12.4. The molecule has 4 nitrogen and oxygen atoms in total. The smallest absolute Gasteiger partial charge is 0.255 e. The van der Waals surface area contributed by atoms with Crippen molar-refractivity contribution in [3.8, 4) is 0 Å². The third-order valence-corrected chi connectivity index (χ3v) is 5.03. The van der Waals surface area contributed by atoms with Gasteiger partial charge in [-0.15, -0.1) is 0 Å². The van der Waals surface area contributed by atoms with Gasteiger partial charge in [-0.2, -0.15) is 0 Å². The normalized spacial score (nSPS) is 14.7. The molecule has 1 heterocycles. The van der Waals surface area contributed by atoms with E-state index in [1.54, 1.807) is 12.3 Å². The van der Waals surface area contributed by atoms with Gasteiger partial charge in [0, 0.05) is 28.0 Å². The van der Waals surface area contributed by atoms with E-state index in [-0.39, 0.29) is 5.91 Å². The first-order chi connectivity index (χ1) is 11.1. The van der Waals surface area contributed by atoms with E-state index in [1.807, 2.05) is 31.2 Å². The fraction of sp³-hybridized carbons (Fsp3) is 0.333. The molecule has 1 fully saturated rings. The molecule has 0 spiro atoms. The molecule has 0 unspecified atom stereocenters. The average Bonchev–Trinajstić information content (AvgIpc) is 3.04. The molecule has 1 aromatic heterocycles. The van der Waals surface area contributed by atoms with Crippen LogP contribution in [0.2, 0.25) is 0 Å². The highest BCUT2D eigenvalue weighted by Crippen LogP contribution is 2.23. The van der Waals surface area contributed by atoms with Gasteiger partial charge in [-0.25, -0.2) is 4.98 Å². The van der Waals surface area contributed by atoms with Gasteiger partial charge in [0.15, 0.2) is 0 Å². The van der Waals surface area contributed by atoms with Gasteiger partial charge >= 0.3 is 0 Å². The zero-order chi connectivity index (χ0) is 16.2. The molecule has 2 N–H and O–H groups in total. The highest BCUT2D eigenvalue weighted by atomic mass is 79.9. The SMILES string of the molecule is Cc1cc(NC(=O)c2ccnc(NC3CCCC3)c2)ccc1Br. The highest BCUT2D eigenvalue weighted by molar-refractivity contribution is 9.10. The minimum atomic E-state index is -0.122. The molecule has 23 heavy (non-hydrogen) atoms. The summed E-state index contributed by atoms with van der Waals surface area (Å²) in [5, 5.41) is 6.35. The van der Waals surface area contributed by atoms with Crippen molar-refractivity contribution in [2.45, 2.75) is 38.6 Å². The van der Waals surface area contributed by atoms with Crippen molar-refractivity contribution in [2.24, 2.45) is 0 Å². The highest BCUT2D eigenvalue weighted by Gasteiger charge is 2.15. The Morgan fingerprint density at radius 3 is 2.74 bits per heavy atom. The summed E-state index contributed by atoms with van der Waals surface area (Å²) >= 11 is 3.46. The summed E-state index contributed by atoms with van der Waals surface area (Å²) < 4.78 is 1.03. The van der Waals surface area contributed by atoms with Crippen molar-refractivity contribution in [2.75, 3.05) is 10.6 Å². The largest absolute Gasteiger partial charge is 0.367 e. The molecule has 3 rings (SSSR count). The molecule has 120 valence electrons. The Morgan fingerprint density at radius 1 is 1.22 bits per heavy atom. The van der Waals surface area contributed by atoms with Crippen LogP contribution >= 0.6 is 15.9 Å². The van der Waals surface area contributed by atoms with Crippen LogP contribution in [0.5, 0.6) is 0 Å². The molecule has 2 aromatic rings. The lowest BCUT2D eigenvalue weighted by atomic mass is 10.2. The number of hydrogen-bond acceptors (Lipinski definition) is 3. The Kier molecular flexibility index (Phi) is 4.96. The van der Waals surface area contributed by atoms with E-state index in [1.165, 1.54) is 25.7 Å². The Morgan fingerprint density at radius 2 is 2.00 bits per heavy atom. The second kappa shape index (κ2) is 7.13. The summed E-state index contributed by atoms with van der Waals surface area (Å²) in [6.45, 7) is 2.00. The van der Waals surface area contributed by atoms with Crippen LogP contribution in [0.3, 0.4) is 0 Å². The summed E-state index contributed by atoms with van der Waals surface area (Å²) in [6, 6.07) is 9.80. The van der Waals surface area contributed by atoms with Crippen LogP contribution in [0.15, 0.2) is 41.0 Å². The molecule has 1 aliphatic carbocycles. The van der Waals surface area contributed by atoms with Gasteiger partial charge in [0.2, 0.25) is 0 Å². The number of rotatable bonds is 4. The number of aromatic nitrogens is 1. The Bertz CT molecular complexity index is 711. The number of nitrogens with one attached hydrogen (secondary N) is 2. The maximum atomic E-state index is 12.4. The molecule has 0 atom stereocenters. The van der Waals surface area contributed by atoms with Crippen molar-refractivity contribution in [3.63, 3.8) is 0 Å². The molecule has 0 bridgehead atoms. The first-order valence-corrected chi connectivity index (χ1v) is 8.71. The summed E-state index contributed by atoms with van der Waals surface area (Å²) in [5.74, 6) is 0.653. The van der Waals surface area contributed by atoms with Crippen LogP contribution in [-0.4, -0.2) is 16.9 Å². The second-order valence-corrected chi connectivity index (χ2v) is 6.83. The standard InChI is InChI=1S/C18H20BrN3O/c1-12-10-15(6-7-16(12)19)22-18(23)13-8-9-20-17(11-13)21-14-4-2-3-5-14/h6-11,14H,2-5H2,1H3,(H,20,21)(H,22,23). The number of carbonyl (C=O) groups is 1. The number of benzene rings is 1. The predicted molar refractivity (Wildman–Crippen MR) is 96.9 cm³/mol.